The number of rotatable bonds is 3. The molecule has 0 N–H and O–H groups in total. The van der Waals surface area contributed by atoms with Crippen LogP contribution in [-0.2, 0) is 0 Å². The van der Waals surface area contributed by atoms with Crippen LogP contribution in [0.1, 0.15) is 0 Å². The van der Waals surface area contributed by atoms with Crippen molar-refractivity contribution >= 4 is 90.4 Å². The van der Waals surface area contributed by atoms with Gasteiger partial charge in [-0.2, -0.15) is 0 Å². The van der Waals surface area contributed by atoms with E-state index < -0.39 is 0 Å². The molecule has 0 amide bonds. The molecule has 0 saturated carbocycles. The van der Waals surface area contributed by atoms with Gasteiger partial charge in [-0.15, -0.1) is 0 Å². The summed E-state index contributed by atoms with van der Waals surface area (Å²) in [5.74, 6) is 1.78. The number of ether oxygens (including phenoxy) is 2. The maximum Gasteiger partial charge on any atom is 0.121 e. The van der Waals surface area contributed by atoms with Crippen LogP contribution in [-0.4, -0.2) is 14.2 Å². The fraction of sp³-hybridized carbons (Fsp3) is 0.143. The number of methoxy groups -OCH3 is 2. The van der Waals surface area contributed by atoms with E-state index in [1.807, 2.05) is 0 Å². The van der Waals surface area contributed by atoms with Crippen molar-refractivity contribution in [2.75, 3.05) is 14.2 Å². The molecule has 0 aliphatic rings. The Hall–Kier alpha value is 0.960. The lowest BCUT2D eigenvalue weighted by molar-refractivity contribution is 0.414. The van der Waals surface area contributed by atoms with Crippen molar-refractivity contribution in [1.29, 1.82) is 0 Å². The fourth-order valence-corrected chi connectivity index (χ4v) is 6.31. The number of hydrogen-bond acceptors (Lipinski definition) is 2. The Labute approximate surface area is 172 Å². The topological polar surface area (TPSA) is 18.5 Å². The zero-order chi connectivity index (χ0) is 14.9. The van der Waals surface area contributed by atoms with Gasteiger partial charge in [0.15, 0.2) is 0 Å². The van der Waals surface area contributed by atoms with Gasteiger partial charge in [0.25, 0.3) is 0 Å². The summed E-state index contributed by atoms with van der Waals surface area (Å²) >= 11 is 9.47. The van der Waals surface area contributed by atoms with E-state index in [9.17, 15) is 0 Å². The van der Waals surface area contributed by atoms with Gasteiger partial charge in [0.05, 0.1) is 14.2 Å². The first-order chi connectivity index (χ1) is 9.47. The lowest BCUT2D eigenvalue weighted by atomic mass is 10.1. The van der Waals surface area contributed by atoms with Crippen molar-refractivity contribution in [3.05, 3.63) is 38.5 Å². The fourth-order valence-electron chi connectivity index (χ4n) is 1.81. The van der Waals surface area contributed by atoms with Gasteiger partial charge in [0.1, 0.15) is 11.5 Å². The highest BCUT2D eigenvalue weighted by atomic mass is 127. The quantitative estimate of drug-likeness (QED) is 0.375. The molecule has 2 rings (SSSR count). The summed E-state index contributed by atoms with van der Waals surface area (Å²) in [6.07, 6.45) is 0. The Morgan fingerprint density at radius 3 is 1.05 bits per heavy atom. The predicted molar refractivity (Wildman–Crippen MR) is 116 cm³/mol. The molecule has 2 aromatic rings. The van der Waals surface area contributed by atoms with Gasteiger partial charge < -0.3 is 9.47 Å². The molecule has 0 spiro atoms. The van der Waals surface area contributed by atoms with Crippen LogP contribution in [0, 0.1) is 14.3 Å². The van der Waals surface area contributed by atoms with Gasteiger partial charge in [-0.25, -0.2) is 0 Å². The summed E-state index contributed by atoms with van der Waals surface area (Å²) in [6.45, 7) is 0. The second-order valence-corrected chi connectivity index (χ2v) is 8.58. The second-order valence-electron chi connectivity index (χ2n) is 3.93. The molecule has 0 aromatic heterocycles. The van der Waals surface area contributed by atoms with Gasteiger partial charge in [0.2, 0.25) is 0 Å². The number of benzene rings is 2. The molecule has 0 bridgehead atoms. The van der Waals surface area contributed by atoms with Crippen molar-refractivity contribution in [1.82, 2.24) is 0 Å². The summed E-state index contributed by atoms with van der Waals surface area (Å²) in [4.78, 5) is 0. The average molecular weight is 718 g/mol. The maximum absolute atomic E-state index is 5.33. The highest BCUT2D eigenvalue weighted by molar-refractivity contribution is 14.1. The normalized spacial score (nSPS) is 10.5. The van der Waals surface area contributed by atoms with Crippen LogP contribution < -0.4 is 9.47 Å². The van der Waals surface area contributed by atoms with Gasteiger partial charge in [0, 0.05) is 25.4 Å². The SMILES string of the molecule is COc1cc(I)c(-c2c(I)cc(OC)cc2I)c(I)c1. The molecule has 2 aromatic carbocycles. The molecule has 0 aliphatic heterocycles. The van der Waals surface area contributed by atoms with E-state index in [2.05, 4.69) is 115 Å². The third kappa shape index (κ3) is 3.65. The van der Waals surface area contributed by atoms with Gasteiger partial charge in [-0.1, -0.05) is 0 Å². The minimum absolute atomic E-state index is 0.890. The molecular weight excluding hydrogens is 708 g/mol. The highest BCUT2D eigenvalue weighted by Crippen LogP contribution is 2.40. The molecule has 20 heavy (non-hydrogen) atoms. The molecule has 106 valence electrons. The minimum atomic E-state index is 0.890. The Morgan fingerprint density at radius 1 is 0.600 bits per heavy atom. The lowest BCUT2D eigenvalue weighted by Crippen LogP contribution is -1.97. The Kier molecular flexibility index (Phi) is 6.48. The van der Waals surface area contributed by atoms with Crippen molar-refractivity contribution in [2.24, 2.45) is 0 Å². The van der Waals surface area contributed by atoms with E-state index in [4.69, 9.17) is 9.47 Å². The molecule has 0 heterocycles. The lowest BCUT2D eigenvalue weighted by Gasteiger charge is -2.15. The molecule has 6 heteroatoms. The summed E-state index contributed by atoms with van der Waals surface area (Å²) in [7, 11) is 3.39. The van der Waals surface area contributed by atoms with Crippen LogP contribution in [0.25, 0.3) is 11.1 Å². The minimum Gasteiger partial charge on any atom is -0.497 e. The zero-order valence-corrected chi connectivity index (χ0v) is 19.3. The standard InChI is InChI=1S/C14H10I4O2/c1-19-7-3-9(15)13(10(16)4-7)14-11(17)5-8(20-2)6-12(14)18/h3-6H,1-2H3. The van der Waals surface area contributed by atoms with Gasteiger partial charge in [-0.3, -0.25) is 0 Å². The van der Waals surface area contributed by atoms with Crippen LogP contribution >= 0.6 is 90.4 Å². The van der Waals surface area contributed by atoms with Crippen LogP contribution in [0.5, 0.6) is 11.5 Å². The third-order valence-electron chi connectivity index (χ3n) is 2.75. The van der Waals surface area contributed by atoms with Gasteiger partial charge in [-0.05, 0) is 115 Å². The van der Waals surface area contributed by atoms with Crippen LogP contribution in [0.4, 0.5) is 0 Å². The zero-order valence-electron chi connectivity index (χ0n) is 10.6. The molecule has 0 fully saturated rings. The Morgan fingerprint density at radius 2 is 0.850 bits per heavy atom. The van der Waals surface area contributed by atoms with Crippen LogP contribution in [0.2, 0.25) is 0 Å². The molecule has 2 nitrogen and oxygen atoms in total. The highest BCUT2D eigenvalue weighted by Gasteiger charge is 2.17. The van der Waals surface area contributed by atoms with Crippen LogP contribution in [0.15, 0.2) is 24.3 Å². The van der Waals surface area contributed by atoms with Crippen molar-refractivity contribution in [2.45, 2.75) is 0 Å². The summed E-state index contributed by atoms with van der Waals surface area (Å²) in [5.41, 5.74) is 2.51. The van der Waals surface area contributed by atoms with Crippen molar-refractivity contribution < 1.29 is 9.47 Å². The smallest absolute Gasteiger partial charge is 0.121 e. The largest absolute Gasteiger partial charge is 0.497 e. The molecule has 0 saturated heterocycles. The summed E-state index contributed by atoms with van der Waals surface area (Å²) in [5, 5.41) is 0. The number of halogens is 4. The van der Waals surface area contributed by atoms with Crippen molar-refractivity contribution in [3.8, 4) is 22.6 Å². The van der Waals surface area contributed by atoms with Crippen LogP contribution in [0.3, 0.4) is 0 Å². The molecule has 0 atom stereocenters. The van der Waals surface area contributed by atoms with Gasteiger partial charge >= 0.3 is 0 Å². The summed E-state index contributed by atoms with van der Waals surface area (Å²) < 4.78 is 15.4. The van der Waals surface area contributed by atoms with E-state index in [0.29, 0.717) is 0 Å². The van der Waals surface area contributed by atoms with E-state index >= 15 is 0 Å². The van der Waals surface area contributed by atoms with E-state index in [1.165, 1.54) is 25.4 Å². The first kappa shape index (κ1) is 17.3. The third-order valence-corrected chi connectivity index (χ3v) is 6.16. The summed E-state index contributed by atoms with van der Waals surface area (Å²) in [6, 6.07) is 8.26. The predicted octanol–water partition coefficient (Wildman–Crippen LogP) is 5.79. The Bertz CT molecular complexity index is 552. The molecule has 0 aliphatic carbocycles. The molecular formula is C14H10I4O2. The van der Waals surface area contributed by atoms with E-state index in [-0.39, 0.29) is 0 Å². The van der Waals surface area contributed by atoms with E-state index in [0.717, 1.165) is 11.5 Å². The van der Waals surface area contributed by atoms with Crippen molar-refractivity contribution in [3.63, 3.8) is 0 Å². The first-order valence-electron chi connectivity index (χ1n) is 5.54. The Balaban J connectivity index is 2.69. The average Bonchev–Trinajstić information content (AvgIpc) is 2.40. The number of hydrogen-bond donors (Lipinski definition) is 0. The first-order valence-corrected chi connectivity index (χ1v) is 9.86. The second kappa shape index (κ2) is 7.49. The maximum atomic E-state index is 5.33. The molecule has 0 unspecified atom stereocenters. The van der Waals surface area contributed by atoms with E-state index in [1.54, 1.807) is 14.2 Å². The monoisotopic (exact) mass is 718 g/mol. The molecule has 0 radical (unpaired) electrons.